The topological polar surface area (TPSA) is 56.3 Å². The summed E-state index contributed by atoms with van der Waals surface area (Å²) in [5, 5.41) is 3.40. The van der Waals surface area contributed by atoms with Gasteiger partial charge in [-0.25, -0.2) is 9.97 Å². The molecule has 1 fully saturated rings. The molecule has 21 heavy (non-hydrogen) atoms. The van der Waals surface area contributed by atoms with Crippen LogP contribution >= 0.6 is 0 Å². The summed E-state index contributed by atoms with van der Waals surface area (Å²) in [6, 6.07) is 8.15. The van der Waals surface area contributed by atoms with Crippen molar-refractivity contribution in [3.8, 4) is 22.9 Å². The van der Waals surface area contributed by atoms with E-state index in [1.165, 1.54) is 12.8 Å². The molecule has 1 aromatic carbocycles. The quantitative estimate of drug-likeness (QED) is 0.913. The minimum Gasteiger partial charge on any atom is -0.496 e. The summed E-state index contributed by atoms with van der Waals surface area (Å²) >= 11 is 0. The van der Waals surface area contributed by atoms with Crippen LogP contribution in [0.4, 0.5) is 0 Å². The molecular formula is C16H19N3O2. The summed E-state index contributed by atoms with van der Waals surface area (Å²) in [6.45, 7) is 1.74. The molecule has 5 heteroatoms. The second-order valence-electron chi connectivity index (χ2n) is 5.05. The summed E-state index contributed by atoms with van der Waals surface area (Å²) in [7, 11) is 1.64. The van der Waals surface area contributed by atoms with Gasteiger partial charge in [0.05, 0.1) is 25.1 Å². The van der Waals surface area contributed by atoms with Gasteiger partial charge in [-0.1, -0.05) is 12.1 Å². The van der Waals surface area contributed by atoms with E-state index in [1.54, 1.807) is 19.5 Å². The Balaban J connectivity index is 1.68. The zero-order valence-electron chi connectivity index (χ0n) is 12.1. The van der Waals surface area contributed by atoms with Crippen molar-refractivity contribution in [2.24, 2.45) is 0 Å². The summed E-state index contributed by atoms with van der Waals surface area (Å²) < 4.78 is 11.0. The third-order valence-electron chi connectivity index (χ3n) is 3.59. The number of para-hydroxylation sites is 1. The van der Waals surface area contributed by atoms with Gasteiger partial charge < -0.3 is 14.8 Å². The lowest BCUT2D eigenvalue weighted by molar-refractivity contribution is 0.275. The van der Waals surface area contributed by atoms with Crippen LogP contribution in [-0.4, -0.2) is 36.3 Å². The van der Waals surface area contributed by atoms with E-state index in [0.717, 1.165) is 17.9 Å². The summed E-state index contributed by atoms with van der Waals surface area (Å²) in [6.07, 6.45) is 5.81. The van der Waals surface area contributed by atoms with E-state index < -0.39 is 0 Å². The molecule has 5 nitrogen and oxygen atoms in total. The van der Waals surface area contributed by atoms with E-state index in [0.29, 0.717) is 24.2 Å². The molecule has 1 aliphatic rings. The predicted octanol–water partition coefficient (Wildman–Crippen LogP) is 2.28. The van der Waals surface area contributed by atoms with Crippen LogP contribution in [0.15, 0.2) is 36.7 Å². The molecule has 0 aliphatic carbocycles. The molecule has 1 saturated heterocycles. The fraction of sp³-hybridized carbons (Fsp3) is 0.375. The predicted molar refractivity (Wildman–Crippen MR) is 80.5 cm³/mol. The first-order chi connectivity index (χ1) is 10.4. The van der Waals surface area contributed by atoms with Crippen molar-refractivity contribution in [1.82, 2.24) is 15.3 Å². The van der Waals surface area contributed by atoms with Crippen LogP contribution in [0.25, 0.3) is 11.4 Å². The van der Waals surface area contributed by atoms with Crippen molar-refractivity contribution in [3.63, 3.8) is 0 Å². The molecule has 2 heterocycles. The molecule has 110 valence electrons. The van der Waals surface area contributed by atoms with Crippen LogP contribution in [0, 0.1) is 0 Å². The molecule has 0 saturated carbocycles. The molecule has 1 atom stereocenters. The zero-order chi connectivity index (χ0) is 14.5. The molecule has 1 N–H and O–H groups in total. The lowest BCUT2D eigenvalue weighted by Gasteiger charge is -2.12. The lowest BCUT2D eigenvalue weighted by atomic mass is 10.2. The van der Waals surface area contributed by atoms with E-state index in [-0.39, 0.29) is 0 Å². The number of methoxy groups -OCH3 is 1. The Hall–Kier alpha value is -2.14. The first-order valence-corrected chi connectivity index (χ1v) is 7.18. The van der Waals surface area contributed by atoms with Crippen LogP contribution in [0.3, 0.4) is 0 Å². The van der Waals surface area contributed by atoms with Crippen molar-refractivity contribution >= 4 is 0 Å². The van der Waals surface area contributed by atoms with Gasteiger partial charge in [-0.2, -0.15) is 0 Å². The maximum absolute atomic E-state index is 5.72. The summed E-state index contributed by atoms with van der Waals surface area (Å²) in [5.74, 6) is 2.10. The van der Waals surface area contributed by atoms with Gasteiger partial charge in [-0.05, 0) is 31.5 Å². The highest BCUT2D eigenvalue weighted by Crippen LogP contribution is 2.26. The number of benzene rings is 1. The zero-order valence-corrected chi connectivity index (χ0v) is 12.1. The van der Waals surface area contributed by atoms with Crippen LogP contribution in [0.1, 0.15) is 12.8 Å². The Morgan fingerprint density at radius 1 is 1.24 bits per heavy atom. The Bertz CT molecular complexity index is 580. The lowest BCUT2D eigenvalue weighted by Crippen LogP contribution is -2.28. The number of hydrogen-bond acceptors (Lipinski definition) is 5. The van der Waals surface area contributed by atoms with Crippen LogP contribution in [0.2, 0.25) is 0 Å². The van der Waals surface area contributed by atoms with Crippen LogP contribution < -0.4 is 14.8 Å². The minimum absolute atomic E-state index is 0.443. The Labute approximate surface area is 124 Å². The average molecular weight is 285 g/mol. The molecule has 2 aromatic rings. The molecule has 0 amide bonds. The molecular weight excluding hydrogens is 266 g/mol. The van der Waals surface area contributed by atoms with Gasteiger partial charge in [-0.3, -0.25) is 0 Å². The van der Waals surface area contributed by atoms with Gasteiger partial charge in [0.15, 0.2) is 11.6 Å². The molecule has 1 aliphatic heterocycles. The van der Waals surface area contributed by atoms with Gasteiger partial charge >= 0.3 is 0 Å². The second-order valence-corrected chi connectivity index (χ2v) is 5.05. The van der Waals surface area contributed by atoms with Crippen molar-refractivity contribution < 1.29 is 9.47 Å². The number of rotatable bonds is 5. The highest BCUT2D eigenvalue weighted by molar-refractivity contribution is 5.63. The van der Waals surface area contributed by atoms with Crippen LogP contribution in [0.5, 0.6) is 11.5 Å². The smallest absolute Gasteiger partial charge is 0.163 e. The first-order valence-electron chi connectivity index (χ1n) is 7.18. The number of hydrogen-bond donors (Lipinski definition) is 1. The van der Waals surface area contributed by atoms with E-state index in [4.69, 9.17) is 9.47 Å². The van der Waals surface area contributed by atoms with Gasteiger partial charge in [0.25, 0.3) is 0 Å². The fourth-order valence-corrected chi connectivity index (χ4v) is 2.45. The number of ether oxygens (including phenoxy) is 2. The molecule has 0 radical (unpaired) electrons. The summed E-state index contributed by atoms with van der Waals surface area (Å²) in [4.78, 5) is 8.73. The van der Waals surface area contributed by atoms with Gasteiger partial charge in [0.2, 0.25) is 0 Å². The molecule has 3 rings (SSSR count). The highest BCUT2D eigenvalue weighted by atomic mass is 16.5. The van der Waals surface area contributed by atoms with Gasteiger partial charge in [0.1, 0.15) is 12.4 Å². The average Bonchev–Trinajstić information content (AvgIpc) is 3.07. The van der Waals surface area contributed by atoms with Crippen molar-refractivity contribution in [1.29, 1.82) is 0 Å². The maximum atomic E-state index is 5.72. The third-order valence-corrected chi connectivity index (χ3v) is 3.59. The Kier molecular flexibility index (Phi) is 4.31. The van der Waals surface area contributed by atoms with E-state index in [1.807, 2.05) is 24.3 Å². The number of aromatic nitrogens is 2. The number of nitrogens with zero attached hydrogens (tertiary/aromatic N) is 2. The number of nitrogens with one attached hydrogen (secondary N) is 1. The second kappa shape index (κ2) is 6.54. The van der Waals surface area contributed by atoms with Gasteiger partial charge in [0, 0.05) is 6.04 Å². The normalized spacial score (nSPS) is 17.7. The maximum Gasteiger partial charge on any atom is 0.163 e. The van der Waals surface area contributed by atoms with Crippen molar-refractivity contribution in [2.75, 3.05) is 20.3 Å². The van der Waals surface area contributed by atoms with E-state index >= 15 is 0 Å². The standard InChI is InChI=1S/C16H19N3O2/c1-20-15-7-3-2-6-14(15)16-18-9-13(10-19-16)21-11-12-5-4-8-17-12/h2-3,6-7,9-10,12,17H,4-5,8,11H2,1H3. The largest absolute Gasteiger partial charge is 0.496 e. The van der Waals surface area contributed by atoms with E-state index in [9.17, 15) is 0 Å². The molecule has 0 bridgehead atoms. The highest BCUT2D eigenvalue weighted by Gasteiger charge is 2.14. The van der Waals surface area contributed by atoms with Crippen molar-refractivity contribution in [3.05, 3.63) is 36.7 Å². The third kappa shape index (κ3) is 3.31. The van der Waals surface area contributed by atoms with Crippen LogP contribution in [-0.2, 0) is 0 Å². The molecule has 0 spiro atoms. The fourth-order valence-electron chi connectivity index (χ4n) is 2.45. The Morgan fingerprint density at radius 2 is 2.05 bits per heavy atom. The van der Waals surface area contributed by atoms with Crippen molar-refractivity contribution in [2.45, 2.75) is 18.9 Å². The molecule has 1 aromatic heterocycles. The minimum atomic E-state index is 0.443. The van der Waals surface area contributed by atoms with E-state index in [2.05, 4.69) is 15.3 Å². The SMILES string of the molecule is COc1ccccc1-c1ncc(OCC2CCCN2)cn1. The van der Waals surface area contributed by atoms with Gasteiger partial charge in [-0.15, -0.1) is 0 Å². The Morgan fingerprint density at radius 3 is 2.76 bits per heavy atom. The summed E-state index contributed by atoms with van der Waals surface area (Å²) in [5.41, 5.74) is 0.879. The first kappa shape index (κ1) is 13.8. The monoisotopic (exact) mass is 285 g/mol. The molecule has 1 unspecified atom stereocenters.